The van der Waals surface area contributed by atoms with Crippen LogP contribution in [0.4, 0.5) is 0 Å². The van der Waals surface area contributed by atoms with E-state index in [9.17, 15) is 0 Å². The number of rotatable bonds is 4. The summed E-state index contributed by atoms with van der Waals surface area (Å²) < 4.78 is 7.67. The maximum Gasteiger partial charge on any atom is 0.0541 e. The van der Waals surface area contributed by atoms with E-state index in [1.165, 1.54) is 92.2 Å². The van der Waals surface area contributed by atoms with Crippen LogP contribution in [-0.4, -0.2) is 9.13 Å². The lowest BCUT2D eigenvalue weighted by atomic mass is 9.85. The Balaban J connectivity index is 1.06. The van der Waals surface area contributed by atoms with Crippen LogP contribution < -0.4 is 0 Å². The van der Waals surface area contributed by atoms with Gasteiger partial charge in [-0.1, -0.05) is 121 Å². The van der Waals surface area contributed by atoms with Crippen LogP contribution in [0.25, 0.3) is 81.5 Å². The Morgan fingerprint density at radius 2 is 1.12 bits per heavy atom. The molecule has 240 valence electrons. The summed E-state index contributed by atoms with van der Waals surface area (Å²) in [4.78, 5) is 0. The first-order valence-corrected chi connectivity index (χ1v) is 18.5. The molecule has 2 nitrogen and oxygen atoms in total. The lowest BCUT2D eigenvalue weighted by Gasteiger charge is -2.24. The molecule has 1 aliphatic carbocycles. The number of para-hydroxylation sites is 3. The van der Waals surface area contributed by atoms with Crippen molar-refractivity contribution in [1.82, 2.24) is 9.13 Å². The molecule has 1 unspecified atom stereocenters. The normalized spacial score (nSPS) is 14.3. The first kappa shape index (κ1) is 28.7. The fraction of sp³-hybridized carbons (Fsp3) is 0.0417. The van der Waals surface area contributed by atoms with Gasteiger partial charge in [0, 0.05) is 64.9 Å². The van der Waals surface area contributed by atoms with Crippen LogP contribution in [-0.2, 0) is 0 Å². The Labute approximate surface area is 299 Å². The van der Waals surface area contributed by atoms with Crippen molar-refractivity contribution in [1.29, 1.82) is 0 Å². The van der Waals surface area contributed by atoms with Crippen molar-refractivity contribution in [2.45, 2.75) is 12.3 Å². The van der Waals surface area contributed by atoms with Gasteiger partial charge in [-0.15, -0.1) is 11.3 Å². The Bertz CT molecular complexity index is 2990. The highest BCUT2D eigenvalue weighted by molar-refractivity contribution is 7.26. The molecule has 0 radical (unpaired) electrons. The van der Waals surface area contributed by atoms with E-state index in [2.05, 4.69) is 185 Å². The lowest BCUT2D eigenvalue weighted by molar-refractivity contribution is 0.771. The first-order valence-electron chi connectivity index (χ1n) is 17.7. The minimum atomic E-state index is 0.248. The van der Waals surface area contributed by atoms with Gasteiger partial charge in [-0.05, 0) is 77.7 Å². The number of thiophene rings is 1. The van der Waals surface area contributed by atoms with E-state index in [1.54, 1.807) is 0 Å². The third-order valence-corrected chi connectivity index (χ3v) is 12.1. The average Bonchev–Trinajstić information content (AvgIpc) is 3.86. The molecule has 3 aromatic heterocycles. The number of aromatic nitrogens is 2. The van der Waals surface area contributed by atoms with Crippen LogP contribution in [0.3, 0.4) is 0 Å². The fourth-order valence-electron chi connectivity index (χ4n) is 8.64. The quantitative estimate of drug-likeness (QED) is 0.177. The number of fused-ring (bicyclic) bond motifs is 9. The molecule has 0 aliphatic heterocycles. The Morgan fingerprint density at radius 3 is 1.96 bits per heavy atom. The molecule has 1 atom stereocenters. The summed E-state index contributed by atoms with van der Waals surface area (Å²) in [6.07, 6.45) is 5.71. The minimum Gasteiger partial charge on any atom is -0.312 e. The molecule has 10 aromatic rings. The predicted molar refractivity (Wildman–Crippen MR) is 218 cm³/mol. The third-order valence-electron chi connectivity index (χ3n) is 10.9. The summed E-state index contributed by atoms with van der Waals surface area (Å²) in [5, 5.41) is 6.56. The maximum absolute atomic E-state index is 2.53. The van der Waals surface area contributed by atoms with Gasteiger partial charge in [0.15, 0.2) is 0 Å². The number of benzene rings is 7. The van der Waals surface area contributed by atoms with Gasteiger partial charge in [0.2, 0.25) is 0 Å². The average molecular weight is 669 g/mol. The summed E-state index contributed by atoms with van der Waals surface area (Å²) in [6.45, 7) is 0. The van der Waals surface area contributed by atoms with Crippen molar-refractivity contribution in [3.05, 3.63) is 187 Å². The smallest absolute Gasteiger partial charge is 0.0541 e. The van der Waals surface area contributed by atoms with Crippen LogP contribution in [0, 0.1) is 0 Å². The maximum atomic E-state index is 2.53. The van der Waals surface area contributed by atoms with E-state index in [1.807, 2.05) is 11.3 Å². The van der Waals surface area contributed by atoms with Crippen LogP contribution in [0.15, 0.2) is 170 Å². The van der Waals surface area contributed by atoms with Crippen LogP contribution in [0.5, 0.6) is 0 Å². The van der Waals surface area contributed by atoms with Crippen LogP contribution in [0.2, 0.25) is 0 Å². The van der Waals surface area contributed by atoms with E-state index < -0.39 is 0 Å². The summed E-state index contributed by atoms with van der Waals surface area (Å²) in [5.74, 6) is 0.248. The SMILES string of the molecule is C1=Cc2c(n(-c3ccc(-c4ccc5c(c4)c4ccccc4n5-c4ccccc4)cc3)c3ccccc23)C(c2cccc3c2sc2ccccc23)C1. The molecule has 0 saturated heterocycles. The minimum absolute atomic E-state index is 0.248. The zero-order valence-electron chi connectivity index (χ0n) is 27.8. The van der Waals surface area contributed by atoms with Crippen LogP contribution >= 0.6 is 11.3 Å². The number of nitrogens with zero attached hydrogens (tertiary/aromatic N) is 2. The second-order valence-electron chi connectivity index (χ2n) is 13.6. The molecule has 0 bridgehead atoms. The first-order chi connectivity index (χ1) is 25.3. The van der Waals surface area contributed by atoms with Gasteiger partial charge in [0.05, 0.1) is 16.6 Å². The molecule has 0 N–H and O–H groups in total. The summed E-state index contributed by atoms with van der Waals surface area (Å²) in [5.41, 5.74) is 12.7. The van der Waals surface area contributed by atoms with Gasteiger partial charge in [-0.3, -0.25) is 0 Å². The molecule has 0 saturated carbocycles. The van der Waals surface area contributed by atoms with E-state index >= 15 is 0 Å². The van der Waals surface area contributed by atoms with Gasteiger partial charge >= 0.3 is 0 Å². The fourth-order valence-corrected chi connectivity index (χ4v) is 9.91. The largest absolute Gasteiger partial charge is 0.312 e. The number of hydrogen-bond acceptors (Lipinski definition) is 1. The van der Waals surface area contributed by atoms with Gasteiger partial charge in [0.25, 0.3) is 0 Å². The van der Waals surface area contributed by atoms with Crippen molar-refractivity contribution >= 4 is 70.3 Å². The third kappa shape index (κ3) is 4.28. The topological polar surface area (TPSA) is 9.86 Å². The molecule has 1 aliphatic rings. The molecule has 0 amide bonds. The van der Waals surface area contributed by atoms with Gasteiger partial charge in [-0.2, -0.15) is 0 Å². The Kier molecular flexibility index (Phi) is 6.28. The number of hydrogen-bond donors (Lipinski definition) is 0. The highest BCUT2D eigenvalue weighted by Crippen LogP contribution is 2.47. The highest BCUT2D eigenvalue weighted by atomic mass is 32.1. The molecule has 7 aromatic carbocycles. The zero-order chi connectivity index (χ0) is 33.5. The molecule has 0 fully saturated rings. The van der Waals surface area contributed by atoms with E-state index in [0.717, 1.165) is 6.42 Å². The zero-order valence-corrected chi connectivity index (χ0v) is 28.6. The Hall–Kier alpha value is -6.16. The van der Waals surface area contributed by atoms with Gasteiger partial charge < -0.3 is 9.13 Å². The van der Waals surface area contributed by atoms with Crippen LogP contribution in [0.1, 0.15) is 29.2 Å². The second kappa shape index (κ2) is 11.2. The van der Waals surface area contributed by atoms with E-state index in [0.29, 0.717) is 0 Å². The second-order valence-corrected chi connectivity index (χ2v) is 14.7. The van der Waals surface area contributed by atoms with E-state index in [4.69, 9.17) is 0 Å². The molecule has 3 heterocycles. The van der Waals surface area contributed by atoms with Crippen molar-refractivity contribution in [2.75, 3.05) is 0 Å². The predicted octanol–water partition coefficient (Wildman–Crippen LogP) is 13.3. The van der Waals surface area contributed by atoms with Gasteiger partial charge in [0.1, 0.15) is 0 Å². The molecule has 0 spiro atoms. The Morgan fingerprint density at radius 1 is 0.471 bits per heavy atom. The number of allylic oxidation sites excluding steroid dienone is 1. The highest BCUT2D eigenvalue weighted by Gasteiger charge is 2.29. The molecular weight excluding hydrogens is 637 g/mol. The molecular formula is C48H32N2S. The summed E-state index contributed by atoms with van der Waals surface area (Å²) in [7, 11) is 0. The summed E-state index contributed by atoms with van der Waals surface area (Å²) >= 11 is 1.93. The lowest BCUT2D eigenvalue weighted by Crippen LogP contribution is -2.11. The molecule has 11 rings (SSSR count). The molecule has 51 heavy (non-hydrogen) atoms. The summed E-state index contributed by atoms with van der Waals surface area (Å²) in [6, 6.07) is 60.2. The van der Waals surface area contributed by atoms with Crippen molar-refractivity contribution < 1.29 is 0 Å². The van der Waals surface area contributed by atoms with Crippen molar-refractivity contribution in [2.24, 2.45) is 0 Å². The standard InChI is InChI=1S/C48H32N2S/c1-2-12-33(13-3-1)49-43-21-7-5-15-36(43)42-30-32(26-29-45(42)49)31-24-27-34(28-25-31)50-44-22-8-4-14-35(44)38-17-10-18-39(47(38)50)41-20-11-19-40-37-16-6-9-23-46(37)51-48(40)41/h1-17,19-30,39H,18H2. The monoisotopic (exact) mass is 668 g/mol. The van der Waals surface area contributed by atoms with Crippen molar-refractivity contribution in [3.8, 4) is 22.5 Å². The van der Waals surface area contributed by atoms with Gasteiger partial charge in [-0.25, -0.2) is 0 Å². The molecule has 3 heteroatoms. The van der Waals surface area contributed by atoms with E-state index in [-0.39, 0.29) is 5.92 Å². The van der Waals surface area contributed by atoms with Crippen molar-refractivity contribution in [3.63, 3.8) is 0 Å².